The lowest BCUT2D eigenvalue weighted by Gasteiger charge is -2.32. The molecule has 0 spiro atoms. The SMILES string of the molecule is CNCC1CCCN(C(=O)C=Cc2ccc(-n3ccnc3)cc2)C1. The number of amides is 1. The van der Waals surface area contributed by atoms with Crippen LogP contribution in [0.25, 0.3) is 11.8 Å². The van der Waals surface area contributed by atoms with E-state index < -0.39 is 0 Å². The molecule has 0 radical (unpaired) electrons. The Balaban J connectivity index is 1.59. The number of hydrogen-bond acceptors (Lipinski definition) is 3. The molecule has 5 nitrogen and oxygen atoms in total. The number of nitrogens with zero attached hydrogens (tertiary/aromatic N) is 3. The lowest BCUT2D eigenvalue weighted by atomic mass is 9.98. The van der Waals surface area contributed by atoms with E-state index >= 15 is 0 Å². The number of rotatable bonds is 5. The summed E-state index contributed by atoms with van der Waals surface area (Å²) in [6.07, 6.45) is 11.3. The van der Waals surface area contributed by atoms with Gasteiger partial charge in [0, 0.05) is 37.2 Å². The average Bonchev–Trinajstić information content (AvgIpc) is 3.15. The van der Waals surface area contributed by atoms with Crippen LogP contribution in [0.4, 0.5) is 0 Å². The first-order valence-electron chi connectivity index (χ1n) is 8.46. The highest BCUT2D eigenvalue weighted by molar-refractivity contribution is 5.91. The van der Waals surface area contributed by atoms with Gasteiger partial charge in [0.15, 0.2) is 0 Å². The van der Waals surface area contributed by atoms with Crippen molar-refractivity contribution in [1.29, 1.82) is 0 Å². The Labute approximate surface area is 143 Å². The zero-order valence-electron chi connectivity index (χ0n) is 14.1. The van der Waals surface area contributed by atoms with Crippen molar-refractivity contribution in [3.63, 3.8) is 0 Å². The van der Waals surface area contributed by atoms with Gasteiger partial charge >= 0.3 is 0 Å². The third kappa shape index (κ3) is 4.11. The van der Waals surface area contributed by atoms with Crippen molar-refractivity contribution >= 4 is 12.0 Å². The van der Waals surface area contributed by atoms with Gasteiger partial charge in [-0.25, -0.2) is 4.98 Å². The maximum atomic E-state index is 12.4. The van der Waals surface area contributed by atoms with Crippen LogP contribution < -0.4 is 5.32 Å². The molecular weight excluding hydrogens is 300 g/mol. The van der Waals surface area contributed by atoms with Crippen molar-refractivity contribution in [1.82, 2.24) is 19.8 Å². The van der Waals surface area contributed by atoms with Crippen LogP contribution in [0.5, 0.6) is 0 Å². The second-order valence-electron chi connectivity index (χ2n) is 6.25. The molecule has 0 aliphatic carbocycles. The van der Waals surface area contributed by atoms with E-state index in [-0.39, 0.29) is 5.91 Å². The molecule has 1 saturated heterocycles. The summed E-state index contributed by atoms with van der Waals surface area (Å²) in [5.74, 6) is 0.671. The monoisotopic (exact) mass is 324 g/mol. The normalized spacial score (nSPS) is 18.2. The summed E-state index contributed by atoms with van der Waals surface area (Å²) in [7, 11) is 1.97. The Bertz CT molecular complexity index is 674. The van der Waals surface area contributed by atoms with Crippen molar-refractivity contribution < 1.29 is 4.79 Å². The molecule has 1 aliphatic rings. The summed E-state index contributed by atoms with van der Waals surface area (Å²) in [5.41, 5.74) is 2.08. The van der Waals surface area contributed by atoms with Crippen LogP contribution in [0, 0.1) is 5.92 Å². The molecule has 2 aromatic rings. The molecule has 126 valence electrons. The number of hydrogen-bond donors (Lipinski definition) is 1. The molecule has 3 rings (SSSR count). The lowest BCUT2D eigenvalue weighted by Crippen LogP contribution is -2.41. The summed E-state index contributed by atoms with van der Waals surface area (Å²) in [4.78, 5) is 18.4. The maximum absolute atomic E-state index is 12.4. The Morgan fingerprint density at radius 1 is 1.38 bits per heavy atom. The van der Waals surface area contributed by atoms with Gasteiger partial charge in [-0.3, -0.25) is 4.79 Å². The molecule has 24 heavy (non-hydrogen) atoms. The van der Waals surface area contributed by atoms with Gasteiger partial charge in [-0.15, -0.1) is 0 Å². The Hall–Kier alpha value is -2.40. The molecule has 1 unspecified atom stereocenters. The van der Waals surface area contributed by atoms with Crippen LogP contribution in [0.3, 0.4) is 0 Å². The smallest absolute Gasteiger partial charge is 0.246 e. The number of likely N-dealkylation sites (tertiary alicyclic amines) is 1. The highest BCUT2D eigenvalue weighted by Gasteiger charge is 2.21. The van der Waals surface area contributed by atoms with E-state index in [1.165, 1.54) is 6.42 Å². The van der Waals surface area contributed by atoms with Gasteiger partial charge in [-0.05, 0) is 56.1 Å². The van der Waals surface area contributed by atoms with E-state index in [0.717, 1.165) is 37.3 Å². The topological polar surface area (TPSA) is 50.2 Å². The third-order valence-electron chi connectivity index (χ3n) is 4.44. The lowest BCUT2D eigenvalue weighted by molar-refractivity contribution is -0.127. The van der Waals surface area contributed by atoms with E-state index in [9.17, 15) is 4.79 Å². The van der Waals surface area contributed by atoms with Crippen molar-refractivity contribution in [2.24, 2.45) is 5.92 Å². The molecule has 2 heterocycles. The van der Waals surface area contributed by atoms with Crippen LogP contribution >= 0.6 is 0 Å². The molecule has 1 amide bonds. The van der Waals surface area contributed by atoms with E-state index in [4.69, 9.17) is 0 Å². The highest BCUT2D eigenvalue weighted by atomic mass is 16.2. The first-order valence-corrected chi connectivity index (χ1v) is 8.46. The van der Waals surface area contributed by atoms with Crippen LogP contribution in [-0.4, -0.2) is 47.0 Å². The van der Waals surface area contributed by atoms with Gasteiger partial charge in [-0.1, -0.05) is 12.1 Å². The fourth-order valence-electron chi connectivity index (χ4n) is 3.16. The van der Waals surface area contributed by atoms with Crippen LogP contribution in [0.15, 0.2) is 49.1 Å². The van der Waals surface area contributed by atoms with E-state index in [0.29, 0.717) is 5.92 Å². The fraction of sp³-hybridized carbons (Fsp3) is 0.368. The van der Waals surface area contributed by atoms with Gasteiger partial charge in [0.1, 0.15) is 0 Å². The number of imidazole rings is 1. The zero-order chi connectivity index (χ0) is 16.8. The Morgan fingerprint density at radius 3 is 2.92 bits per heavy atom. The van der Waals surface area contributed by atoms with Crippen molar-refractivity contribution in [3.05, 3.63) is 54.6 Å². The molecule has 0 saturated carbocycles. The van der Waals surface area contributed by atoms with Crippen LogP contribution in [-0.2, 0) is 4.79 Å². The molecule has 1 fully saturated rings. The van der Waals surface area contributed by atoms with Crippen molar-refractivity contribution in [2.45, 2.75) is 12.8 Å². The fourth-order valence-corrected chi connectivity index (χ4v) is 3.16. The molecule has 1 atom stereocenters. The summed E-state index contributed by atoms with van der Waals surface area (Å²) in [6, 6.07) is 8.07. The van der Waals surface area contributed by atoms with Gasteiger partial charge < -0.3 is 14.8 Å². The van der Waals surface area contributed by atoms with Gasteiger partial charge in [0.05, 0.1) is 6.33 Å². The summed E-state index contributed by atoms with van der Waals surface area (Å²) in [6.45, 7) is 2.69. The number of aromatic nitrogens is 2. The minimum absolute atomic E-state index is 0.106. The molecule has 0 bridgehead atoms. The standard InChI is InChI=1S/C19H24N4O/c1-20-13-17-3-2-11-22(14-17)19(24)9-6-16-4-7-18(8-5-16)23-12-10-21-15-23/h4-10,12,15,17,20H,2-3,11,13-14H2,1H3. The molecule has 1 aromatic carbocycles. The van der Waals surface area contributed by atoms with E-state index in [2.05, 4.69) is 10.3 Å². The predicted molar refractivity (Wildman–Crippen MR) is 95.8 cm³/mol. The molecule has 1 aliphatic heterocycles. The van der Waals surface area contributed by atoms with Crippen molar-refractivity contribution in [2.75, 3.05) is 26.7 Å². The summed E-state index contributed by atoms with van der Waals surface area (Å²) < 4.78 is 1.95. The van der Waals surface area contributed by atoms with Gasteiger partial charge in [0.2, 0.25) is 5.91 Å². The zero-order valence-corrected chi connectivity index (χ0v) is 14.1. The summed E-state index contributed by atoms with van der Waals surface area (Å²) in [5, 5.41) is 3.21. The second kappa shape index (κ2) is 7.93. The first kappa shape index (κ1) is 16.5. The summed E-state index contributed by atoms with van der Waals surface area (Å²) >= 11 is 0. The Morgan fingerprint density at radius 2 is 2.21 bits per heavy atom. The van der Waals surface area contributed by atoms with Gasteiger partial charge in [0.25, 0.3) is 0 Å². The minimum atomic E-state index is 0.106. The predicted octanol–water partition coefficient (Wildman–Crippen LogP) is 2.34. The quantitative estimate of drug-likeness (QED) is 0.859. The largest absolute Gasteiger partial charge is 0.339 e. The number of nitrogens with one attached hydrogen (secondary N) is 1. The highest BCUT2D eigenvalue weighted by Crippen LogP contribution is 2.16. The molecule has 1 aromatic heterocycles. The van der Waals surface area contributed by atoms with E-state index in [1.807, 2.05) is 53.1 Å². The third-order valence-corrected chi connectivity index (χ3v) is 4.44. The molecule has 1 N–H and O–H groups in total. The average molecular weight is 324 g/mol. The Kier molecular flexibility index (Phi) is 5.43. The number of benzene rings is 1. The van der Waals surface area contributed by atoms with Crippen LogP contribution in [0.1, 0.15) is 18.4 Å². The maximum Gasteiger partial charge on any atom is 0.246 e. The minimum Gasteiger partial charge on any atom is -0.339 e. The number of carbonyl (C=O) groups excluding carboxylic acids is 1. The number of piperidine rings is 1. The van der Waals surface area contributed by atoms with Crippen molar-refractivity contribution in [3.8, 4) is 5.69 Å². The van der Waals surface area contributed by atoms with Gasteiger partial charge in [-0.2, -0.15) is 0 Å². The second-order valence-corrected chi connectivity index (χ2v) is 6.25. The van der Waals surface area contributed by atoms with Crippen LogP contribution in [0.2, 0.25) is 0 Å². The van der Waals surface area contributed by atoms with E-state index in [1.54, 1.807) is 18.6 Å². The molecular formula is C19H24N4O. The number of carbonyl (C=O) groups is 1. The molecule has 5 heteroatoms. The first-order chi connectivity index (χ1) is 11.8.